The molecule has 0 radical (unpaired) electrons. The highest BCUT2D eigenvalue weighted by atomic mass is 16.5. The molecule has 3 nitrogen and oxygen atoms in total. The molecular weight excluding hydrogens is 190 g/mol. The molecule has 1 atom stereocenters. The fraction of sp³-hybridized carbons (Fsp3) is 0.583. The third-order valence-electron chi connectivity index (χ3n) is 2.54. The zero-order valence-electron chi connectivity index (χ0n) is 9.82. The van der Waals surface area contributed by atoms with Crippen LogP contribution in [0.25, 0.3) is 0 Å². The summed E-state index contributed by atoms with van der Waals surface area (Å²) in [5.74, 6) is 0.756. The van der Waals surface area contributed by atoms with Crippen molar-refractivity contribution in [1.82, 2.24) is 4.98 Å². The van der Waals surface area contributed by atoms with Gasteiger partial charge in [-0.1, -0.05) is 13.8 Å². The molecule has 15 heavy (non-hydrogen) atoms. The van der Waals surface area contributed by atoms with Gasteiger partial charge in [-0.2, -0.15) is 0 Å². The van der Waals surface area contributed by atoms with E-state index in [9.17, 15) is 5.11 Å². The summed E-state index contributed by atoms with van der Waals surface area (Å²) in [6.07, 6.45) is 3.90. The smallest absolute Gasteiger partial charge is 0.137 e. The van der Waals surface area contributed by atoms with E-state index in [2.05, 4.69) is 18.8 Å². The van der Waals surface area contributed by atoms with E-state index < -0.39 is 0 Å². The lowest BCUT2D eigenvalue weighted by Crippen LogP contribution is -2.23. The van der Waals surface area contributed by atoms with Crippen molar-refractivity contribution >= 4 is 0 Å². The second-order valence-corrected chi connectivity index (χ2v) is 4.55. The van der Waals surface area contributed by atoms with Gasteiger partial charge in [-0.05, 0) is 30.4 Å². The van der Waals surface area contributed by atoms with Gasteiger partial charge in [-0.25, -0.2) is 0 Å². The monoisotopic (exact) mass is 209 g/mol. The van der Waals surface area contributed by atoms with E-state index in [-0.39, 0.29) is 11.5 Å². The van der Waals surface area contributed by atoms with E-state index in [1.54, 1.807) is 20.2 Å². The first-order chi connectivity index (χ1) is 6.95. The SMILES string of the molecule is COc1cncc(C(C)(C)CC(C)O)c1. The van der Waals surface area contributed by atoms with Crippen molar-refractivity contribution in [3.63, 3.8) is 0 Å². The van der Waals surface area contributed by atoms with Crippen LogP contribution in [0, 0.1) is 0 Å². The normalized spacial score (nSPS) is 13.7. The van der Waals surface area contributed by atoms with Gasteiger partial charge in [0.1, 0.15) is 5.75 Å². The van der Waals surface area contributed by atoms with E-state index in [1.165, 1.54) is 0 Å². The summed E-state index contributed by atoms with van der Waals surface area (Å²) in [5, 5.41) is 9.42. The highest BCUT2D eigenvalue weighted by Gasteiger charge is 2.23. The molecule has 0 saturated heterocycles. The Morgan fingerprint density at radius 3 is 2.67 bits per heavy atom. The number of methoxy groups -OCH3 is 1. The van der Waals surface area contributed by atoms with Gasteiger partial charge in [0.2, 0.25) is 0 Å². The minimum absolute atomic E-state index is 0.0876. The van der Waals surface area contributed by atoms with Gasteiger partial charge in [0.25, 0.3) is 0 Å². The Morgan fingerprint density at radius 2 is 2.13 bits per heavy atom. The highest BCUT2D eigenvalue weighted by Crippen LogP contribution is 2.29. The summed E-state index contributed by atoms with van der Waals surface area (Å²) in [4.78, 5) is 4.12. The summed E-state index contributed by atoms with van der Waals surface area (Å²) < 4.78 is 5.13. The van der Waals surface area contributed by atoms with Gasteiger partial charge >= 0.3 is 0 Å². The maximum absolute atomic E-state index is 9.42. The van der Waals surface area contributed by atoms with Gasteiger partial charge in [0, 0.05) is 6.20 Å². The van der Waals surface area contributed by atoms with Crippen molar-refractivity contribution in [3.8, 4) is 5.75 Å². The maximum Gasteiger partial charge on any atom is 0.137 e. The Kier molecular flexibility index (Phi) is 3.69. The lowest BCUT2D eigenvalue weighted by molar-refractivity contribution is 0.156. The summed E-state index contributed by atoms with van der Waals surface area (Å²) in [6.45, 7) is 5.99. The van der Waals surface area contributed by atoms with Crippen LogP contribution in [0.3, 0.4) is 0 Å². The second kappa shape index (κ2) is 4.62. The lowest BCUT2D eigenvalue weighted by atomic mass is 9.81. The van der Waals surface area contributed by atoms with Gasteiger partial charge < -0.3 is 9.84 Å². The number of pyridine rings is 1. The average Bonchev–Trinajstić information content (AvgIpc) is 2.16. The van der Waals surface area contributed by atoms with Crippen LogP contribution in [0.5, 0.6) is 5.75 Å². The predicted octanol–water partition coefficient (Wildman–Crippen LogP) is 2.14. The first-order valence-electron chi connectivity index (χ1n) is 5.13. The van der Waals surface area contributed by atoms with Crippen LogP contribution in [-0.4, -0.2) is 23.3 Å². The molecular formula is C12H19NO2. The first kappa shape index (κ1) is 12.0. The van der Waals surface area contributed by atoms with Crippen LogP contribution in [-0.2, 0) is 5.41 Å². The molecule has 0 aliphatic carbocycles. The summed E-state index contributed by atoms with van der Waals surface area (Å²) in [6, 6.07) is 1.97. The van der Waals surface area contributed by atoms with Crippen LogP contribution in [0.2, 0.25) is 0 Å². The number of aromatic nitrogens is 1. The number of hydrogen-bond donors (Lipinski definition) is 1. The molecule has 0 aliphatic rings. The van der Waals surface area contributed by atoms with Crippen LogP contribution < -0.4 is 4.74 Å². The molecule has 3 heteroatoms. The summed E-state index contributed by atoms with van der Waals surface area (Å²) in [5.41, 5.74) is 0.998. The molecule has 1 unspecified atom stereocenters. The zero-order chi connectivity index (χ0) is 11.5. The van der Waals surface area contributed by atoms with Crippen molar-refractivity contribution in [2.24, 2.45) is 0 Å². The van der Waals surface area contributed by atoms with Crippen LogP contribution in [0.4, 0.5) is 0 Å². The molecule has 0 amide bonds. The summed E-state index contributed by atoms with van der Waals surface area (Å²) >= 11 is 0. The third-order valence-corrected chi connectivity index (χ3v) is 2.54. The topological polar surface area (TPSA) is 42.4 Å². The molecule has 1 aromatic heterocycles. The molecule has 1 rings (SSSR count). The van der Waals surface area contributed by atoms with E-state index in [1.807, 2.05) is 12.3 Å². The van der Waals surface area contributed by atoms with E-state index in [4.69, 9.17) is 4.74 Å². The van der Waals surface area contributed by atoms with Gasteiger partial charge in [0.15, 0.2) is 0 Å². The fourth-order valence-electron chi connectivity index (χ4n) is 1.76. The zero-order valence-corrected chi connectivity index (χ0v) is 9.82. The molecule has 84 valence electrons. The van der Waals surface area contributed by atoms with Crippen LogP contribution in [0.15, 0.2) is 18.5 Å². The molecule has 0 bridgehead atoms. The van der Waals surface area contributed by atoms with Gasteiger partial charge in [0.05, 0.1) is 19.4 Å². The van der Waals surface area contributed by atoms with Crippen molar-refractivity contribution in [2.75, 3.05) is 7.11 Å². The first-order valence-corrected chi connectivity index (χ1v) is 5.13. The van der Waals surface area contributed by atoms with E-state index in [0.29, 0.717) is 6.42 Å². The minimum Gasteiger partial charge on any atom is -0.495 e. The van der Waals surface area contributed by atoms with Gasteiger partial charge in [-0.15, -0.1) is 0 Å². The molecule has 1 N–H and O–H groups in total. The third kappa shape index (κ3) is 3.20. The summed E-state index contributed by atoms with van der Waals surface area (Å²) in [7, 11) is 1.63. The molecule has 0 aliphatic heterocycles. The Morgan fingerprint density at radius 1 is 1.47 bits per heavy atom. The second-order valence-electron chi connectivity index (χ2n) is 4.55. The Bertz CT molecular complexity index is 321. The molecule has 0 fully saturated rings. The quantitative estimate of drug-likeness (QED) is 0.826. The Hall–Kier alpha value is -1.09. The van der Waals surface area contributed by atoms with Crippen molar-refractivity contribution in [3.05, 3.63) is 24.0 Å². The molecule has 0 saturated carbocycles. The maximum atomic E-state index is 9.42. The number of hydrogen-bond acceptors (Lipinski definition) is 3. The number of aliphatic hydroxyl groups excluding tert-OH is 1. The van der Waals surface area contributed by atoms with Crippen molar-refractivity contribution in [1.29, 1.82) is 0 Å². The van der Waals surface area contributed by atoms with E-state index >= 15 is 0 Å². The van der Waals surface area contributed by atoms with Crippen LogP contribution >= 0.6 is 0 Å². The molecule has 0 aromatic carbocycles. The lowest BCUT2D eigenvalue weighted by Gasteiger charge is -2.26. The number of aliphatic hydroxyl groups is 1. The molecule has 1 heterocycles. The average molecular weight is 209 g/mol. The number of ether oxygens (including phenoxy) is 1. The molecule has 1 aromatic rings. The van der Waals surface area contributed by atoms with Crippen molar-refractivity contribution in [2.45, 2.75) is 38.7 Å². The minimum atomic E-state index is -0.314. The highest BCUT2D eigenvalue weighted by molar-refractivity contribution is 5.28. The number of nitrogens with zero attached hydrogens (tertiary/aromatic N) is 1. The Balaban J connectivity index is 2.93. The van der Waals surface area contributed by atoms with Crippen molar-refractivity contribution < 1.29 is 9.84 Å². The van der Waals surface area contributed by atoms with Crippen LogP contribution in [0.1, 0.15) is 32.8 Å². The Labute approximate surface area is 91.1 Å². The van der Waals surface area contributed by atoms with E-state index in [0.717, 1.165) is 11.3 Å². The largest absolute Gasteiger partial charge is 0.495 e. The fourth-order valence-corrected chi connectivity index (χ4v) is 1.76. The standard InChI is InChI=1S/C12H19NO2/c1-9(14)6-12(2,3)10-5-11(15-4)8-13-7-10/h5,7-9,14H,6H2,1-4H3. The van der Waals surface area contributed by atoms with Gasteiger partial charge in [-0.3, -0.25) is 4.98 Å². The number of rotatable bonds is 4. The molecule has 0 spiro atoms. The predicted molar refractivity (Wildman–Crippen MR) is 60.1 cm³/mol.